The minimum Gasteiger partial charge on any atom is -0.480 e. The van der Waals surface area contributed by atoms with Gasteiger partial charge in [-0.25, -0.2) is 4.98 Å². The number of thioether (sulfide) groups is 1. The van der Waals surface area contributed by atoms with E-state index in [0.717, 1.165) is 67.8 Å². The van der Waals surface area contributed by atoms with E-state index < -0.39 is 10.7 Å². The summed E-state index contributed by atoms with van der Waals surface area (Å²) in [5, 5.41) is 9.49. The largest absolute Gasteiger partial charge is 0.480 e. The summed E-state index contributed by atoms with van der Waals surface area (Å²) in [7, 11) is 0. The second kappa shape index (κ2) is 13.2. The zero-order valence-corrected chi connectivity index (χ0v) is 24.3. The number of rotatable bonds is 11. The van der Waals surface area contributed by atoms with Gasteiger partial charge in [0, 0.05) is 35.3 Å². The van der Waals surface area contributed by atoms with Crippen LogP contribution in [0.5, 0.6) is 0 Å². The van der Waals surface area contributed by atoms with E-state index in [1.165, 1.54) is 50.3 Å². The van der Waals surface area contributed by atoms with Crippen LogP contribution in [0.2, 0.25) is 0 Å². The Morgan fingerprint density at radius 1 is 0.974 bits per heavy atom. The number of hydrogen-bond donors (Lipinski definition) is 1. The monoisotopic (exact) mass is 539 g/mol. The standard InChI is InChI=1S/C31H45N3O3S/c1-4-5-12-21-33-22-27(29(35)34(24-13-8-6-9-14-24)25-15-10-7-11-16-25)32-28(33)23-17-19-26(20-18-23)38-31(2,3)30(36)37/h17-20,22,24-25H,4-16,21H2,1-3H3,(H,36,37). The van der Waals surface area contributed by atoms with Gasteiger partial charge in [-0.2, -0.15) is 0 Å². The third kappa shape index (κ3) is 7.02. The lowest BCUT2D eigenvalue weighted by molar-refractivity contribution is -0.138. The van der Waals surface area contributed by atoms with Crippen molar-refractivity contribution < 1.29 is 14.7 Å². The molecular weight excluding hydrogens is 494 g/mol. The Labute approximate surface area is 232 Å². The predicted octanol–water partition coefficient (Wildman–Crippen LogP) is 7.80. The fourth-order valence-electron chi connectivity index (χ4n) is 5.94. The summed E-state index contributed by atoms with van der Waals surface area (Å²) in [4.78, 5) is 33.8. The molecule has 1 heterocycles. The molecule has 4 rings (SSSR count). The zero-order chi connectivity index (χ0) is 27.1. The molecule has 2 aliphatic rings. The van der Waals surface area contributed by atoms with Crippen LogP contribution in [0.25, 0.3) is 11.4 Å². The van der Waals surface area contributed by atoms with E-state index in [9.17, 15) is 14.7 Å². The Morgan fingerprint density at radius 3 is 2.08 bits per heavy atom. The number of unbranched alkanes of at least 4 members (excludes halogenated alkanes) is 2. The third-order valence-electron chi connectivity index (χ3n) is 8.17. The molecule has 2 fully saturated rings. The van der Waals surface area contributed by atoms with Gasteiger partial charge in [0.1, 0.15) is 16.3 Å². The summed E-state index contributed by atoms with van der Waals surface area (Å²) in [6, 6.07) is 8.62. The summed E-state index contributed by atoms with van der Waals surface area (Å²) >= 11 is 1.34. The van der Waals surface area contributed by atoms with Crippen molar-refractivity contribution in [3.8, 4) is 11.4 Å². The summed E-state index contributed by atoms with van der Waals surface area (Å²) in [5.41, 5.74) is 1.53. The van der Waals surface area contributed by atoms with Gasteiger partial charge in [-0.15, -0.1) is 11.8 Å². The van der Waals surface area contributed by atoms with Crippen LogP contribution in [0.1, 0.15) is 115 Å². The maximum absolute atomic E-state index is 14.1. The number of amides is 1. The normalized spacial score (nSPS) is 17.4. The molecule has 0 radical (unpaired) electrons. The number of aryl methyl sites for hydroxylation is 1. The molecule has 7 heteroatoms. The number of imidazole rings is 1. The molecule has 1 N–H and O–H groups in total. The molecule has 1 aromatic heterocycles. The molecule has 0 unspecified atom stereocenters. The van der Waals surface area contributed by atoms with E-state index in [0.29, 0.717) is 17.8 Å². The lowest BCUT2D eigenvalue weighted by Crippen LogP contribution is -2.48. The zero-order valence-electron chi connectivity index (χ0n) is 23.5. The summed E-state index contributed by atoms with van der Waals surface area (Å²) in [6.07, 6.45) is 17.1. The Kier molecular flexibility index (Phi) is 9.97. The van der Waals surface area contributed by atoms with Crippen molar-refractivity contribution in [2.45, 2.75) is 133 Å². The number of aromatic nitrogens is 2. The first kappa shape index (κ1) is 28.7. The van der Waals surface area contributed by atoms with Crippen molar-refractivity contribution in [3.05, 3.63) is 36.2 Å². The number of carboxylic acids is 1. The highest BCUT2D eigenvalue weighted by Gasteiger charge is 2.34. The molecule has 2 aliphatic carbocycles. The van der Waals surface area contributed by atoms with E-state index >= 15 is 0 Å². The maximum Gasteiger partial charge on any atom is 0.319 e. The van der Waals surface area contributed by atoms with Crippen molar-refractivity contribution in [2.24, 2.45) is 0 Å². The molecule has 2 saturated carbocycles. The number of aliphatic carboxylic acids is 1. The Balaban J connectivity index is 1.62. The van der Waals surface area contributed by atoms with Crippen molar-refractivity contribution >= 4 is 23.6 Å². The maximum atomic E-state index is 14.1. The van der Waals surface area contributed by atoms with Crippen molar-refractivity contribution in [1.82, 2.24) is 14.5 Å². The molecule has 1 aromatic carbocycles. The van der Waals surface area contributed by atoms with Crippen LogP contribution >= 0.6 is 11.8 Å². The SMILES string of the molecule is CCCCCn1cc(C(=O)N(C2CCCCC2)C2CCCCC2)nc1-c1ccc(SC(C)(C)C(=O)O)cc1. The highest BCUT2D eigenvalue weighted by Crippen LogP contribution is 2.35. The van der Waals surface area contributed by atoms with Gasteiger partial charge >= 0.3 is 5.97 Å². The topological polar surface area (TPSA) is 75.4 Å². The summed E-state index contributed by atoms with van der Waals surface area (Å²) in [5.74, 6) is 0.0992. The van der Waals surface area contributed by atoms with Crippen molar-refractivity contribution in [3.63, 3.8) is 0 Å². The van der Waals surface area contributed by atoms with Gasteiger partial charge in [-0.1, -0.05) is 70.4 Å². The fourth-order valence-corrected chi connectivity index (χ4v) is 6.89. The van der Waals surface area contributed by atoms with E-state index in [1.54, 1.807) is 13.8 Å². The van der Waals surface area contributed by atoms with Crippen molar-refractivity contribution in [1.29, 1.82) is 0 Å². The first-order valence-corrected chi connectivity index (χ1v) is 15.5. The third-order valence-corrected chi connectivity index (χ3v) is 9.36. The average molecular weight is 540 g/mol. The first-order chi connectivity index (χ1) is 18.3. The highest BCUT2D eigenvalue weighted by molar-refractivity contribution is 8.01. The van der Waals surface area contributed by atoms with Crippen LogP contribution in [0.3, 0.4) is 0 Å². The van der Waals surface area contributed by atoms with Gasteiger partial charge in [0.05, 0.1) is 0 Å². The van der Waals surface area contributed by atoms with E-state index in [4.69, 9.17) is 4.98 Å². The second-order valence-corrected chi connectivity index (χ2v) is 13.3. The average Bonchev–Trinajstić information content (AvgIpc) is 3.34. The van der Waals surface area contributed by atoms with Crippen LogP contribution in [0, 0.1) is 0 Å². The van der Waals surface area contributed by atoms with Crippen LogP contribution in [-0.4, -0.2) is 48.3 Å². The number of carbonyl (C=O) groups is 2. The van der Waals surface area contributed by atoms with E-state index in [1.807, 2.05) is 30.5 Å². The molecule has 0 atom stereocenters. The highest BCUT2D eigenvalue weighted by atomic mass is 32.2. The number of hydrogen-bond acceptors (Lipinski definition) is 4. The summed E-state index contributed by atoms with van der Waals surface area (Å²) in [6.45, 7) is 6.47. The molecule has 2 aromatic rings. The van der Waals surface area contributed by atoms with E-state index in [2.05, 4.69) is 16.4 Å². The smallest absolute Gasteiger partial charge is 0.319 e. The quantitative estimate of drug-likeness (QED) is 0.233. The number of nitrogens with zero attached hydrogens (tertiary/aromatic N) is 3. The molecule has 0 bridgehead atoms. The molecule has 6 nitrogen and oxygen atoms in total. The lowest BCUT2D eigenvalue weighted by atomic mass is 9.88. The second-order valence-electron chi connectivity index (χ2n) is 11.6. The van der Waals surface area contributed by atoms with Gasteiger partial charge in [0.2, 0.25) is 0 Å². The molecular formula is C31H45N3O3S. The minimum absolute atomic E-state index is 0.106. The van der Waals surface area contributed by atoms with Gasteiger partial charge in [-0.3, -0.25) is 9.59 Å². The Hall–Kier alpha value is -2.28. The van der Waals surface area contributed by atoms with Gasteiger partial charge in [-0.05, 0) is 58.1 Å². The molecule has 0 aliphatic heterocycles. The van der Waals surface area contributed by atoms with Crippen LogP contribution < -0.4 is 0 Å². The fraction of sp³-hybridized carbons (Fsp3) is 0.645. The van der Waals surface area contributed by atoms with Crippen LogP contribution in [0.4, 0.5) is 0 Å². The minimum atomic E-state index is -0.901. The number of carbonyl (C=O) groups excluding carboxylic acids is 1. The van der Waals surface area contributed by atoms with Gasteiger partial charge < -0.3 is 14.6 Å². The summed E-state index contributed by atoms with van der Waals surface area (Å²) < 4.78 is 1.26. The Morgan fingerprint density at radius 2 is 1.55 bits per heavy atom. The molecule has 1 amide bonds. The van der Waals surface area contributed by atoms with Crippen LogP contribution in [0.15, 0.2) is 35.4 Å². The molecule has 38 heavy (non-hydrogen) atoms. The van der Waals surface area contributed by atoms with Gasteiger partial charge in [0.15, 0.2) is 0 Å². The van der Waals surface area contributed by atoms with Crippen molar-refractivity contribution in [2.75, 3.05) is 0 Å². The van der Waals surface area contributed by atoms with Gasteiger partial charge in [0.25, 0.3) is 5.91 Å². The van der Waals surface area contributed by atoms with E-state index in [-0.39, 0.29) is 5.91 Å². The Bertz CT molecular complexity index is 1050. The molecule has 0 saturated heterocycles. The first-order valence-electron chi connectivity index (χ1n) is 14.7. The predicted molar refractivity (Wildman–Crippen MR) is 155 cm³/mol. The number of carboxylic acid groups (broad SMARTS) is 1. The molecule has 208 valence electrons. The molecule has 0 spiro atoms. The lowest BCUT2D eigenvalue weighted by Gasteiger charge is -2.41. The van der Waals surface area contributed by atoms with Crippen LogP contribution in [-0.2, 0) is 11.3 Å². The number of benzene rings is 1.